The molecule has 192 valence electrons. The number of nitrogens with one attached hydrogen (secondary N) is 1. The fourth-order valence-electron chi connectivity index (χ4n) is 6.24. The van der Waals surface area contributed by atoms with Crippen molar-refractivity contribution < 1.29 is 33.2 Å². The first-order chi connectivity index (χ1) is 17.1. The molecule has 0 unspecified atom stereocenters. The van der Waals surface area contributed by atoms with E-state index in [-0.39, 0.29) is 5.91 Å². The molecule has 35 heavy (non-hydrogen) atoms. The summed E-state index contributed by atoms with van der Waals surface area (Å²) in [5, 5.41) is 3.00. The number of hydrogen-bond acceptors (Lipinski definition) is 7. The number of carbonyl (C=O) groups is 1. The first-order valence-corrected chi connectivity index (χ1v) is 13.5. The average Bonchev–Trinajstić information content (AvgIpc) is 3.41. The predicted molar refractivity (Wildman–Crippen MR) is 127 cm³/mol. The summed E-state index contributed by atoms with van der Waals surface area (Å²) in [5.41, 5.74) is 0.680. The van der Waals surface area contributed by atoms with Gasteiger partial charge < -0.3 is 33.7 Å². The number of rotatable bonds is 5. The summed E-state index contributed by atoms with van der Waals surface area (Å²) >= 11 is 0. The van der Waals surface area contributed by atoms with E-state index >= 15 is 0 Å². The number of amides is 1. The van der Waals surface area contributed by atoms with E-state index in [0.717, 1.165) is 63.5 Å². The van der Waals surface area contributed by atoms with Crippen LogP contribution in [0.15, 0.2) is 24.3 Å². The van der Waals surface area contributed by atoms with Gasteiger partial charge in [0.25, 0.3) is 5.91 Å². The monoisotopic (exact) mass is 487 g/mol. The van der Waals surface area contributed by atoms with Gasteiger partial charge in [0.1, 0.15) is 24.1 Å². The van der Waals surface area contributed by atoms with Crippen molar-refractivity contribution in [3.05, 3.63) is 24.3 Å². The van der Waals surface area contributed by atoms with E-state index in [1.165, 1.54) is 12.8 Å². The fraction of sp³-hybridized carbons (Fsp3) is 0.741. The molecule has 5 atom stereocenters. The molecule has 0 radical (unpaired) electrons. The van der Waals surface area contributed by atoms with Crippen LogP contribution >= 0.6 is 0 Å². The standard InChI is InChI=1S/C27H37NO7/c1-2-17-30-19-11-9-18(10-12-19)28-24(29)22-20-21(33-26(32-20)13-5-3-6-14-26)23-25(31-22)35-27(34-23)15-7-4-8-16-27/h9-12,20-23,25H,2-8,13-17H2,1H3,(H,28,29)/t20-,21+,22+,23-,25-/m1/s1. The lowest BCUT2D eigenvalue weighted by Crippen LogP contribution is -2.58. The van der Waals surface area contributed by atoms with Crippen molar-refractivity contribution in [1.82, 2.24) is 0 Å². The molecule has 1 N–H and O–H groups in total. The first-order valence-electron chi connectivity index (χ1n) is 13.5. The van der Waals surface area contributed by atoms with E-state index in [9.17, 15) is 4.79 Å². The van der Waals surface area contributed by atoms with Crippen LogP contribution in [0.2, 0.25) is 0 Å². The van der Waals surface area contributed by atoms with Gasteiger partial charge in [-0.05, 0) is 56.4 Å². The van der Waals surface area contributed by atoms with Gasteiger partial charge in [-0.15, -0.1) is 0 Å². The highest BCUT2D eigenvalue weighted by Crippen LogP contribution is 2.51. The summed E-state index contributed by atoms with van der Waals surface area (Å²) < 4.78 is 38.0. The van der Waals surface area contributed by atoms with Crippen molar-refractivity contribution in [3.63, 3.8) is 0 Å². The smallest absolute Gasteiger partial charge is 0.256 e. The van der Waals surface area contributed by atoms with E-state index in [1.807, 2.05) is 24.3 Å². The van der Waals surface area contributed by atoms with Gasteiger partial charge >= 0.3 is 0 Å². The van der Waals surface area contributed by atoms with E-state index in [1.54, 1.807) is 0 Å². The van der Waals surface area contributed by atoms with Gasteiger partial charge in [0.15, 0.2) is 24.0 Å². The topological polar surface area (TPSA) is 84.5 Å². The van der Waals surface area contributed by atoms with Crippen LogP contribution in [-0.2, 0) is 28.5 Å². The molecule has 8 nitrogen and oxygen atoms in total. The van der Waals surface area contributed by atoms with Crippen LogP contribution < -0.4 is 10.1 Å². The maximum atomic E-state index is 13.5. The Bertz CT molecular complexity index is 893. The van der Waals surface area contributed by atoms with Crippen molar-refractivity contribution in [1.29, 1.82) is 0 Å². The molecule has 6 rings (SSSR count). The quantitative estimate of drug-likeness (QED) is 0.647. The van der Waals surface area contributed by atoms with Crippen LogP contribution in [-0.4, -0.2) is 54.8 Å². The third-order valence-corrected chi connectivity index (χ3v) is 7.96. The lowest BCUT2D eigenvalue weighted by molar-refractivity contribution is -0.246. The highest BCUT2D eigenvalue weighted by molar-refractivity contribution is 5.94. The second-order valence-corrected chi connectivity index (χ2v) is 10.6. The number of benzene rings is 1. The second kappa shape index (κ2) is 9.63. The normalized spacial score (nSPS) is 34.9. The third-order valence-electron chi connectivity index (χ3n) is 7.96. The van der Waals surface area contributed by atoms with Crippen LogP contribution in [0.25, 0.3) is 0 Å². The highest BCUT2D eigenvalue weighted by Gasteiger charge is 2.65. The molecule has 2 saturated carbocycles. The largest absolute Gasteiger partial charge is 0.494 e. The number of anilines is 1. The Hall–Kier alpha value is -1.71. The Morgan fingerprint density at radius 1 is 0.857 bits per heavy atom. The number of hydrogen-bond donors (Lipinski definition) is 1. The van der Waals surface area contributed by atoms with Crippen molar-refractivity contribution in [2.75, 3.05) is 11.9 Å². The Kier molecular flexibility index (Phi) is 6.52. The van der Waals surface area contributed by atoms with Crippen molar-refractivity contribution >= 4 is 11.6 Å². The highest BCUT2D eigenvalue weighted by atomic mass is 16.9. The van der Waals surface area contributed by atoms with Crippen molar-refractivity contribution in [2.45, 2.75) is 120 Å². The summed E-state index contributed by atoms with van der Waals surface area (Å²) in [6, 6.07) is 7.40. The predicted octanol–water partition coefficient (Wildman–Crippen LogP) is 4.66. The zero-order valence-electron chi connectivity index (χ0n) is 20.5. The first kappa shape index (κ1) is 23.7. The van der Waals surface area contributed by atoms with Gasteiger partial charge in [-0.2, -0.15) is 0 Å². The minimum absolute atomic E-state index is 0.259. The molecule has 1 aromatic carbocycles. The van der Waals surface area contributed by atoms with E-state index in [0.29, 0.717) is 12.3 Å². The van der Waals surface area contributed by atoms with Gasteiger partial charge in [0, 0.05) is 31.4 Å². The molecule has 2 spiro atoms. The zero-order valence-corrected chi connectivity index (χ0v) is 20.5. The van der Waals surface area contributed by atoms with Crippen LogP contribution in [0.1, 0.15) is 77.6 Å². The number of ether oxygens (including phenoxy) is 6. The molecule has 1 aromatic rings. The van der Waals surface area contributed by atoms with Gasteiger partial charge in [0.05, 0.1) is 6.61 Å². The fourth-order valence-corrected chi connectivity index (χ4v) is 6.24. The summed E-state index contributed by atoms with van der Waals surface area (Å²) in [4.78, 5) is 13.5. The molecule has 3 aliphatic heterocycles. The summed E-state index contributed by atoms with van der Waals surface area (Å²) in [6.07, 6.45) is 8.09. The molecule has 0 aromatic heterocycles. The zero-order chi connectivity index (χ0) is 23.9. The molecular formula is C27H37NO7. The molecule has 1 amide bonds. The molecule has 3 saturated heterocycles. The summed E-state index contributed by atoms with van der Waals surface area (Å²) in [6.45, 7) is 2.73. The van der Waals surface area contributed by atoms with Crippen LogP contribution in [0, 0.1) is 0 Å². The molecule has 0 bridgehead atoms. The van der Waals surface area contributed by atoms with E-state index in [4.69, 9.17) is 28.4 Å². The Balaban J connectivity index is 1.21. The van der Waals surface area contributed by atoms with Crippen molar-refractivity contribution in [2.24, 2.45) is 0 Å². The molecule has 2 aliphatic carbocycles. The third kappa shape index (κ3) is 4.60. The Morgan fingerprint density at radius 2 is 1.46 bits per heavy atom. The maximum absolute atomic E-state index is 13.5. The SMILES string of the molecule is CCCOc1ccc(NC(=O)[C@H]2O[C@@H]3OC4(CCCCC4)O[C@@H]3[C@H]3OC4(CCCCC4)O[C@H]32)cc1. The number of fused-ring (bicyclic) bond motifs is 3. The van der Waals surface area contributed by atoms with Gasteiger partial charge in [-0.1, -0.05) is 19.8 Å². The summed E-state index contributed by atoms with van der Waals surface area (Å²) in [5.74, 6) is -0.773. The molecule has 8 heteroatoms. The summed E-state index contributed by atoms with van der Waals surface area (Å²) in [7, 11) is 0. The average molecular weight is 488 g/mol. The van der Waals surface area contributed by atoms with Gasteiger partial charge in [-0.25, -0.2) is 0 Å². The van der Waals surface area contributed by atoms with Gasteiger partial charge in [0.2, 0.25) is 0 Å². The van der Waals surface area contributed by atoms with Crippen LogP contribution in [0.4, 0.5) is 5.69 Å². The van der Waals surface area contributed by atoms with Crippen LogP contribution in [0.3, 0.4) is 0 Å². The van der Waals surface area contributed by atoms with E-state index in [2.05, 4.69) is 12.2 Å². The lowest BCUT2D eigenvalue weighted by Gasteiger charge is -2.36. The molecular weight excluding hydrogens is 450 g/mol. The van der Waals surface area contributed by atoms with Crippen LogP contribution in [0.5, 0.6) is 5.75 Å². The second-order valence-electron chi connectivity index (χ2n) is 10.6. The van der Waals surface area contributed by atoms with E-state index < -0.39 is 42.3 Å². The maximum Gasteiger partial charge on any atom is 0.256 e. The molecule has 3 heterocycles. The van der Waals surface area contributed by atoms with Crippen molar-refractivity contribution in [3.8, 4) is 5.75 Å². The molecule has 5 fully saturated rings. The van der Waals surface area contributed by atoms with Gasteiger partial charge in [-0.3, -0.25) is 4.79 Å². The Morgan fingerprint density at radius 3 is 2.11 bits per heavy atom. The Labute approximate surface area is 206 Å². The molecule has 5 aliphatic rings. The lowest BCUT2D eigenvalue weighted by atomic mass is 9.94. The minimum Gasteiger partial charge on any atom is -0.494 e. The number of carbonyl (C=O) groups excluding carboxylic acids is 1. The minimum atomic E-state index is -0.846.